The van der Waals surface area contributed by atoms with Crippen LogP contribution >= 0.6 is 0 Å². The second-order valence-corrected chi connectivity index (χ2v) is 5.76. The first-order valence-electron chi connectivity index (χ1n) is 6.66. The molecule has 1 aliphatic carbocycles. The number of nitrogens with one attached hydrogen (secondary N) is 1. The number of hydrogen-bond donors (Lipinski definition) is 1. The lowest BCUT2D eigenvalue weighted by Crippen LogP contribution is -2.41. The Morgan fingerprint density at radius 1 is 1.13 bits per heavy atom. The van der Waals surface area contributed by atoms with Gasteiger partial charge in [-0.2, -0.15) is 0 Å². The van der Waals surface area contributed by atoms with Gasteiger partial charge >= 0.3 is 0 Å². The van der Waals surface area contributed by atoms with Crippen LogP contribution in [-0.2, 0) is 0 Å². The minimum Gasteiger partial charge on any atom is -0.314 e. The highest BCUT2D eigenvalue weighted by Gasteiger charge is 2.23. The fraction of sp³-hybridized carbons (Fsp3) is 1.00. The van der Waals surface area contributed by atoms with Crippen molar-refractivity contribution < 1.29 is 0 Å². The van der Waals surface area contributed by atoms with Crippen LogP contribution < -0.4 is 5.32 Å². The average Bonchev–Trinajstić information content (AvgIpc) is 2.11. The third-order valence-electron chi connectivity index (χ3n) is 4.10. The van der Waals surface area contributed by atoms with Gasteiger partial charge in [-0.05, 0) is 58.0 Å². The molecule has 0 aromatic carbocycles. The van der Waals surface area contributed by atoms with Gasteiger partial charge in [0.1, 0.15) is 0 Å². The summed E-state index contributed by atoms with van der Waals surface area (Å²) in [6.07, 6.45) is 7.18. The van der Waals surface area contributed by atoms with Crippen molar-refractivity contribution in [1.82, 2.24) is 10.2 Å². The smallest absolute Gasteiger partial charge is 0.00418 e. The fourth-order valence-electron chi connectivity index (χ4n) is 3.03. The summed E-state index contributed by atoms with van der Waals surface area (Å²) in [4.78, 5) is 2.58. The van der Waals surface area contributed by atoms with Crippen molar-refractivity contribution in [2.75, 3.05) is 26.7 Å². The van der Waals surface area contributed by atoms with E-state index in [9.17, 15) is 0 Å². The molecule has 2 unspecified atom stereocenters. The normalized spacial score (nSPS) is 33.0. The van der Waals surface area contributed by atoms with Crippen molar-refractivity contribution >= 4 is 0 Å². The van der Waals surface area contributed by atoms with Gasteiger partial charge in [0.15, 0.2) is 0 Å². The van der Waals surface area contributed by atoms with Crippen molar-refractivity contribution in [3.05, 3.63) is 0 Å². The quantitative estimate of drug-likeness (QED) is 0.764. The Morgan fingerprint density at radius 3 is 2.47 bits per heavy atom. The van der Waals surface area contributed by atoms with E-state index in [1.54, 1.807) is 0 Å². The van der Waals surface area contributed by atoms with Crippen LogP contribution in [0.4, 0.5) is 0 Å². The molecular formula is C13H26N2. The van der Waals surface area contributed by atoms with Gasteiger partial charge in [0.2, 0.25) is 0 Å². The van der Waals surface area contributed by atoms with Gasteiger partial charge in [0, 0.05) is 19.1 Å². The Balaban J connectivity index is 1.65. The summed E-state index contributed by atoms with van der Waals surface area (Å²) in [6.45, 7) is 6.21. The first-order chi connectivity index (χ1) is 7.24. The molecule has 2 aliphatic rings. The molecule has 2 fully saturated rings. The Labute approximate surface area is 94.4 Å². The van der Waals surface area contributed by atoms with E-state index in [2.05, 4.69) is 24.2 Å². The van der Waals surface area contributed by atoms with E-state index in [-0.39, 0.29) is 0 Å². The molecule has 0 aromatic heterocycles. The lowest BCUT2D eigenvalue weighted by atomic mass is 9.84. The number of nitrogens with zero attached hydrogens (tertiary/aromatic N) is 1. The number of rotatable bonds is 4. The number of piperidine rings is 1. The van der Waals surface area contributed by atoms with Crippen LogP contribution in [0.5, 0.6) is 0 Å². The lowest BCUT2D eigenvalue weighted by Gasteiger charge is -2.34. The Hall–Kier alpha value is -0.0800. The second kappa shape index (κ2) is 5.31. The van der Waals surface area contributed by atoms with Gasteiger partial charge in [-0.1, -0.05) is 6.42 Å². The summed E-state index contributed by atoms with van der Waals surface area (Å²) in [5.74, 6) is 1.96. The van der Waals surface area contributed by atoms with Crippen molar-refractivity contribution in [2.24, 2.45) is 11.8 Å². The van der Waals surface area contributed by atoms with Gasteiger partial charge in [-0.15, -0.1) is 0 Å². The summed E-state index contributed by atoms with van der Waals surface area (Å²) in [7, 11) is 2.31. The topological polar surface area (TPSA) is 15.3 Å². The molecule has 2 heteroatoms. The van der Waals surface area contributed by atoms with E-state index < -0.39 is 0 Å². The highest BCUT2D eigenvalue weighted by atomic mass is 15.1. The third-order valence-corrected chi connectivity index (χ3v) is 4.10. The summed E-state index contributed by atoms with van der Waals surface area (Å²) >= 11 is 0. The lowest BCUT2D eigenvalue weighted by molar-refractivity contribution is 0.165. The van der Waals surface area contributed by atoms with Crippen molar-refractivity contribution in [1.29, 1.82) is 0 Å². The standard InChI is InChI=1S/C13H26N2/c1-11-8-13(6-7-14-11)10-15(2)9-12-4-3-5-12/h11-14H,3-10H2,1-2H3. The molecule has 1 N–H and O–H groups in total. The van der Waals surface area contributed by atoms with Crippen LogP contribution in [0.2, 0.25) is 0 Å². The SMILES string of the molecule is CC1CC(CN(C)CC2CCC2)CCN1. The Morgan fingerprint density at radius 2 is 1.87 bits per heavy atom. The molecule has 0 bridgehead atoms. The van der Waals surface area contributed by atoms with Gasteiger partial charge in [0.25, 0.3) is 0 Å². The molecule has 2 atom stereocenters. The van der Waals surface area contributed by atoms with E-state index >= 15 is 0 Å². The monoisotopic (exact) mass is 210 g/mol. The maximum Gasteiger partial charge on any atom is 0.00418 e. The van der Waals surface area contributed by atoms with Crippen LogP contribution in [0.15, 0.2) is 0 Å². The van der Waals surface area contributed by atoms with E-state index in [1.807, 2.05) is 0 Å². The van der Waals surface area contributed by atoms with Gasteiger partial charge < -0.3 is 10.2 Å². The predicted octanol–water partition coefficient (Wildman–Crippen LogP) is 2.11. The highest BCUT2D eigenvalue weighted by Crippen LogP contribution is 2.27. The molecule has 88 valence electrons. The minimum absolute atomic E-state index is 0.737. The van der Waals surface area contributed by atoms with Crippen LogP contribution in [-0.4, -0.2) is 37.6 Å². The zero-order chi connectivity index (χ0) is 10.7. The van der Waals surface area contributed by atoms with Crippen LogP contribution in [0.1, 0.15) is 39.0 Å². The Bertz CT molecular complexity index is 189. The van der Waals surface area contributed by atoms with Gasteiger partial charge in [-0.25, -0.2) is 0 Å². The number of hydrogen-bond acceptors (Lipinski definition) is 2. The molecule has 0 radical (unpaired) electrons. The molecular weight excluding hydrogens is 184 g/mol. The van der Waals surface area contributed by atoms with E-state index in [0.717, 1.165) is 17.9 Å². The zero-order valence-electron chi connectivity index (χ0n) is 10.3. The van der Waals surface area contributed by atoms with E-state index in [1.165, 1.54) is 51.7 Å². The van der Waals surface area contributed by atoms with Crippen molar-refractivity contribution in [3.8, 4) is 0 Å². The average molecular weight is 210 g/mol. The maximum atomic E-state index is 3.53. The highest BCUT2D eigenvalue weighted by molar-refractivity contribution is 4.78. The zero-order valence-corrected chi connectivity index (χ0v) is 10.3. The Kier molecular flexibility index (Phi) is 4.04. The summed E-state index contributed by atoms with van der Waals surface area (Å²) < 4.78 is 0. The largest absolute Gasteiger partial charge is 0.314 e. The predicted molar refractivity (Wildman–Crippen MR) is 65.0 cm³/mol. The summed E-state index contributed by atoms with van der Waals surface area (Å²) in [6, 6.07) is 0.737. The molecule has 2 rings (SSSR count). The second-order valence-electron chi connectivity index (χ2n) is 5.76. The van der Waals surface area contributed by atoms with E-state index in [4.69, 9.17) is 0 Å². The molecule has 1 aliphatic heterocycles. The van der Waals surface area contributed by atoms with Crippen LogP contribution in [0, 0.1) is 11.8 Å². The molecule has 1 heterocycles. The molecule has 2 nitrogen and oxygen atoms in total. The van der Waals surface area contributed by atoms with Crippen LogP contribution in [0.3, 0.4) is 0 Å². The first kappa shape index (κ1) is 11.4. The molecule has 0 amide bonds. The summed E-state index contributed by atoms with van der Waals surface area (Å²) in [5, 5.41) is 3.53. The van der Waals surface area contributed by atoms with E-state index in [0.29, 0.717) is 0 Å². The van der Waals surface area contributed by atoms with Crippen LogP contribution in [0.25, 0.3) is 0 Å². The molecule has 1 saturated heterocycles. The van der Waals surface area contributed by atoms with Gasteiger partial charge in [0.05, 0.1) is 0 Å². The maximum absolute atomic E-state index is 3.53. The van der Waals surface area contributed by atoms with Gasteiger partial charge in [-0.3, -0.25) is 0 Å². The summed E-state index contributed by atoms with van der Waals surface area (Å²) in [5.41, 5.74) is 0. The molecule has 0 aromatic rings. The van der Waals surface area contributed by atoms with Crippen molar-refractivity contribution in [2.45, 2.75) is 45.1 Å². The minimum atomic E-state index is 0.737. The van der Waals surface area contributed by atoms with Crippen molar-refractivity contribution in [3.63, 3.8) is 0 Å². The first-order valence-corrected chi connectivity index (χ1v) is 6.66. The molecule has 15 heavy (non-hydrogen) atoms. The molecule has 1 saturated carbocycles. The fourth-order valence-corrected chi connectivity index (χ4v) is 3.03. The molecule has 0 spiro atoms. The third kappa shape index (κ3) is 3.46.